The van der Waals surface area contributed by atoms with Gasteiger partial charge >= 0.3 is 6.09 Å². The van der Waals surface area contributed by atoms with E-state index in [1.165, 1.54) is 0 Å². The summed E-state index contributed by atoms with van der Waals surface area (Å²) in [7, 11) is 3.65. The van der Waals surface area contributed by atoms with E-state index in [9.17, 15) is 9.59 Å². The van der Waals surface area contributed by atoms with Crippen LogP contribution in [0.4, 0.5) is 10.5 Å². The van der Waals surface area contributed by atoms with Gasteiger partial charge in [0.25, 0.3) is 0 Å². The van der Waals surface area contributed by atoms with Crippen molar-refractivity contribution in [2.45, 2.75) is 58.6 Å². The van der Waals surface area contributed by atoms with Crippen molar-refractivity contribution in [1.29, 1.82) is 0 Å². The molecule has 0 fully saturated rings. The highest BCUT2D eigenvalue weighted by atomic mass is 127. The fraction of sp³-hybridized carbons (Fsp3) is 0.297. The second-order valence-electron chi connectivity index (χ2n) is 11.9. The van der Waals surface area contributed by atoms with Gasteiger partial charge in [-0.3, -0.25) is 4.79 Å². The summed E-state index contributed by atoms with van der Waals surface area (Å²) in [5.74, 6) is 0.629. The van der Waals surface area contributed by atoms with E-state index in [-0.39, 0.29) is 18.4 Å². The molecule has 1 N–H and O–H groups in total. The molecule has 236 valence electrons. The maximum Gasteiger partial charge on any atom is 0.419 e. The van der Waals surface area contributed by atoms with Gasteiger partial charge in [0.2, 0.25) is 5.91 Å². The maximum atomic E-state index is 14.0. The average molecular weight is 720 g/mol. The van der Waals surface area contributed by atoms with Crippen molar-refractivity contribution in [2.24, 2.45) is 0 Å². The molecule has 0 spiro atoms. The third-order valence-electron chi connectivity index (χ3n) is 7.50. The Morgan fingerprint density at radius 3 is 2.40 bits per heavy atom. The number of amides is 1. The van der Waals surface area contributed by atoms with Gasteiger partial charge < -0.3 is 19.7 Å². The Morgan fingerprint density at radius 2 is 1.78 bits per heavy atom. The Labute approximate surface area is 280 Å². The molecule has 4 aromatic rings. The first-order valence-corrected chi connectivity index (χ1v) is 16.1. The normalized spacial score (nSPS) is 12.5. The summed E-state index contributed by atoms with van der Waals surface area (Å²) in [5.41, 5.74) is 4.55. The molecule has 1 atom stereocenters. The molecule has 0 aliphatic carbocycles. The lowest BCUT2D eigenvalue weighted by Gasteiger charge is -2.30. The predicted octanol–water partition coefficient (Wildman–Crippen LogP) is 8.08. The van der Waals surface area contributed by atoms with E-state index in [0.29, 0.717) is 24.1 Å². The van der Waals surface area contributed by atoms with E-state index < -0.39 is 11.7 Å². The van der Waals surface area contributed by atoms with Crippen LogP contribution in [0.5, 0.6) is 5.75 Å². The van der Waals surface area contributed by atoms with Gasteiger partial charge in [-0.15, -0.1) is 6.58 Å². The second-order valence-corrected chi connectivity index (χ2v) is 13.1. The van der Waals surface area contributed by atoms with Gasteiger partial charge in [0.05, 0.1) is 25.1 Å². The Morgan fingerprint density at radius 1 is 1.07 bits per heavy atom. The molecule has 0 bridgehead atoms. The third-order valence-corrected chi connectivity index (χ3v) is 8.17. The van der Waals surface area contributed by atoms with Crippen molar-refractivity contribution in [3.8, 4) is 5.75 Å². The molecule has 0 aliphatic rings. The Balaban J connectivity index is 1.71. The van der Waals surface area contributed by atoms with Crippen molar-refractivity contribution < 1.29 is 19.1 Å². The van der Waals surface area contributed by atoms with Crippen LogP contribution in [0.3, 0.4) is 0 Å². The number of methoxy groups -OCH3 is 1. The molecular weight excluding hydrogens is 677 g/mol. The molecule has 1 aromatic heterocycles. The van der Waals surface area contributed by atoms with Crippen molar-refractivity contribution >= 4 is 51.2 Å². The number of ether oxygens (including phenoxy) is 2. The summed E-state index contributed by atoms with van der Waals surface area (Å²) in [5, 5.41) is 4.18. The molecular formula is C37H42IN3O4. The van der Waals surface area contributed by atoms with Gasteiger partial charge in [-0.05, 0) is 110 Å². The number of halogens is 1. The summed E-state index contributed by atoms with van der Waals surface area (Å²) < 4.78 is 13.8. The van der Waals surface area contributed by atoms with Crippen molar-refractivity contribution in [2.75, 3.05) is 19.1 Å². The number of allylic oxidation sites excluding steroid dienone is 2. The molecule has 1 heterocycles. The number of carbonyl (C=O) groups excluding carboxylic acids is 2. The van der Waals surface area contributed by atoms with Gasteiger partial charge in [-0.2, -0.15) is 0 Å². The number of anilines is 1. The van der Waals surface area contributed by atoms with E-state index in [4.69, 9.17) is 9.47 Å². The molecule has 3 aromatic carbocycles. The van der Waals surface area contributed by atoms with E-state index >= 15 is 0 Å². The molecule has 0 unspecified atom stereocenters. The zero-order valence-electron chi connectivity index (χ0n) is 26.9. The van der Waals surface area contributed by atoms with Crippen LogP contribution in [-0.4, -0.2) is 42.4 Å². The van der Waals surface area contributed by atoms with Crippen molar-refractivity contribution in [3.63, 3.8) is 0 Å². The number of nitrogens with one attached hydrogen (secondary N) is 1. The highest BCUT2D eigenvalue weighted by molar-refractivity contribution is 14.1. The van der Waals surface area contributed by atoms with Crippen LogP contribution in [0, 0.1) is 3.57 Å². The summed E-state index contributed by atoms with van der Waals surface area (Å²) in [6.45, 7) is 11.4. The van der Waals surface area contributed by atoms with Crippen LogP contribution in [0.25, 0.3) is 10.9 Å². The van der Waals surface area contributed by atoms with E-state index in [2.05, 4.69) is 57.6 Å². The molecule has 0 radical (unpaired) electrons. The second kappa shape index (κ2) is 14.8. The lowest BCUT2D eigenvalue weighted by molar-refractivity contribution is -0.120. The first-order chi connectivity index (χ1) is 21.4. The van der Waals surface area contributed by atoms with E-state index in [1.807, 2.05) is 95.4 Å². The number of likely N-dealkylation sites (N-methyl/N-ethyl adjacent to an activating group) is 1. The monoisotopic (exact) mass is 719 g/mol. The highest BCUT2D eigenvalue weighted by Crippen LogP contribution is 2.30. The number of para-hydroxylation sites is 1. The minimum absolute atomic E-state index is 0.0888. The van der Waals surface area contributed by atoms with E-state index in [1.54, 1.807) is 17.8 Å². The summed E-state index contributed by atoms with van der Waals surface area (Å²) in [6.07, 6.45) is 4.41. The fourth-order valence-corrected chi connectivity index (χ4v) is 6.15. The minimum atomic E-state index is -0.674. The maximum absolute atomic E-state index is 14.0. The van der Waals surface area contributed by atoms with Crippen LogP contribution in [0.15, 0.2) is 97.2 Å². The molecule has 1 amide bonds. The number of benzene rings is 3. The topological polar surface area (TPSA) is 72.8 Å². The molecule has 0 saturated heterocycles. The zero-order chi connectivity index (χ0) is 32.7. The van der Waals surface area contributed by atoms with Crippen LogP contribution < -0.4 is 15.0 Å². The molecule has 7 nitrogen and oxygen atoms in total. The number of fused-ring (bicyclic) bond motifs is 1. The van der Waals surface area contributed by atoms with Gasteiger partial charge in [-0.1, -0.05) is 42.5 Å². The predicted molar refractivity (Wildman–Crippen MR) is 191 cm³/mol. The number of hydrogen-bond donors (Lipinski definition) is 1. The Hall–Kier alpha value is -4.05. The molecule has 0 aliphatic heterocycles. The highest BCUT2D eigenvalue weighted by Gasteiger charge is 2.27. The molecule has 0 saturated carbocycles. The van der Waals surface area contributed by atoms with Crippen LogP contribution in [-0.2, 0) is 28.8 Å². The van der Waals surface area contributed by atoms with Gasteiger partial charge in [-0.25, -0.2) is 9.36 Å². The van der Waals surface area contributed by atoms with Crippen molar-refractivity contribution in [1.82, 2.24) is 9.88 Å². The number of carbonyl (C=O) groups is 2. The van der Waals surface area contributed by atoms with Crippen LogP contribution in [0.1, 0.15) is 44.5 Å². The summed E-state index contributed by atoms with van der Waals surface area (Å²) in [4.78, 5) is 29.6. The summed E-state index contributed by atoms with van der Waals surface area (Å²) in [6, 6.07) is 23.5. The standard InChI is InChI=1S/C37H42IN3O4/c1-8-13-33-30(29-16-10-11-17-34(29)41(33)36(43)45-37(3,4)5)24-35(42)39-31(23-25-14-12-15-26(38)22-25)32(9-2)40(6)27-18-20-28(44-7)21-19-27/h8-12,14-22,31H,1,13,23-24H2,2-7H3,(H,39,42)/t31-/m0/s1. The Kier molecular flexibility index (Phi) is 11.1. The average Bonchev–Trinajstić information content (AvgIpc) is 3.29. The fourth-order valence-electron chi connectivity index (χ4n) is 5.54. The first-order valence-electron chi connectivity index (χ1n) is 15.0. The molecule has 45 heavy (non-hydrogen) atoms. The zero-order valence-corrected chi connectivity index (χ0v) is 29.1. The number of rotatable bonds is 11. The number of hydrogen-bond acceptors (Lipinski definition) is 5. The largest absolute Gasteiger partial charge is 0.497 e. The number of aromatic nitrogens is 1. The lowest BCUT2D eigenvalue weighted by Crippen LogP contribution is -2.43. The SMILES string of the molecule is C=CCc1c(CC(=O)N[C@@H](Cc2cccc(I)c2)C(=CC)N(C)c2ccc(OC)cc2)c2ccccc2n1C(=O)OC(C)(C)C. The van der Waals surface area contributed by atoms with Crippen LogP contribution in [0.2, 0.25) is 0 Å². The Bertz CT molecular complexity index is 1700. The lowest BCUT2D eigenvalue weighted by atomic mass is 10.0. The van der Waals surface area contributed by atoms with Crippen molar-refractivity contribution in [3.05, 3.63) is 118 Å². The quantitative estimate of drug-likeness (QED) is 0.125. The third kappa shape index (κ3) is 8.36. The molecule has 8 heteroatoms. The van der Waals surface area contributed by atoms with E-state index in [0.717, 1.165) is 37.2 Å². The summed E-state index contributed by atoms with van der Waals surface area (Å²) >= 11 is 2.31. The van der Waals surface area contributed by atoms with Gasteiger partial charge in [0, 0.05) is 39.5 Å². The molecule has 4 rings (SSSR count). The first kappa shape index (κ1) is 33.8. The van der Waals surface area contributed by atoms with Gasteiger partial charge in [0.15, 0.2) is 0 Å². The minimum Gasteiger partial charge on any atom is -0.497 e. The van der Waals surface area contributed by atoms with Crippen LogP contribution >= 0.6 is 22.6 Å². The number of nitrogens with zero attached hydrogens (tertiary/aromatic N) is 2. The smallest absolute Gasteiger partial charge is 0.419 e. The van der Waals surface area contributed by atoms with Gasteiger partial charge in [0.1, 0.15) is 11.4 Å².